The third kappa shape index (κ3) is 47.6. The Balaban J connectivity index is 4.17. The van der Waals surface area contributed by atoms with E-state index in [9.17, 15) is 19.4 Å². The van der Waals surface area contributed by atoms with Gasteiger partial charge in [-0.25, -0.2) is 4.57 Å². The van der Waals surface area contributed by atoms with Crippen LogP contribution in [0, 0.1) is 0 Å². The van der Waals surface area contributed by atoms with E-state index in [0.29, 0.717) is 17.4 Å². The summed E-state index contributed by atoms with van der Waals surface area (Å²) in [5.41, 5.74) is 0. The number of phosphoric acid groups is 1. The van der Waals surface area contributed by atoms with Crippen molar-refractivity contribution >= 4 is 13.7 Å². The lowest BCUT2D eigenvalue weighted by Gasteiger charge is -2.25. The zero-order chi connectivity index (χ0) is 47.1. The number of phosphoric ester groups is 1. The lowest BCUT2D eigenvalue weighted by Crippen LogP contribution is -2.45. The molecule has 64 heavy (non-hydrogen) atoms. The largest absolute Gasteiger partial charge is 0.472 e. The van der Waals surface area contributed by atoms with Gasteiger partial charge in [0, 0.05) is 6.42 Å². The zero-order valence-electron chi connectivity index (χ0n) is 42.0. The number of rotatable bonds is 46. The predicted molar refractivity (Wildman–Crippen MR) is 276 cm³/mol. The number of carbonyl (C=O) groups excluding carboxylic acids is 1. The molecule has 3 N–H and O–H groups in total. The van der Waals surface area contributed by atoms with Crippen LogP contribution in [0.15, 0.2) is 85.1 Å². The first-order valence-corrected chi connectivity index (χ1v) is 27.5. The molecule has 0 aromatic rings. The molecule has 0 radical (unpaired) electrons. The van der Waals surface area contributed by atoms with Crippen molar-refractivity contribution < 1.29 is 32.9 Å². The van der Waals surface area contributed by atoms with Gasteiger partial charge >= 0.3 is 7.82 Å². The molecule has 0 heterocycles. The highest BCUT2D eigenvalue weighted by Gasteiger charge is 2.27. The van der Waals surface area contributed by atoms with Crippen LogP contribution in [0.4, 0.5) is 0 Å². The third-order valence-corrected chi connectivity index (χ3v) is 12.1. The fourth-order valence-corrected chi connectivity index (χ4v) is 7.74. The first kappa shape index (κ1) is 61.7. The van der Waals surface area contributed by atoms with Crippen LogP contribution in [0.1, 0.15) is 206 Å². The number of allylic oxidation sites excluding steroid dienone is 13. The van der Waals surface area contributed by atoms with E-state index in [1.54, 1.807) is 6.08 Å². The molecule has 0 bridgehead atoms. The molecule has 0 aliphatic rings. The van der Waals surface area contributed by atoms with Gasteiger partial charge in [-0.15, -0.1) is 0 Å². The molecule has 0 aliphatic heterocycles. The quantitative estimate of drug-likeness (QED) is 0.0243. The molecule has 8 nitrogen and oxygen atoms in total. The first-order valence-electron chi connectivity index (χ1n) is 26.0. The Bertz CT molecular complexity index is 1310. The maximum atomic E-state index is 12.9. The van der Waals surface area contributed by atoms with E-state index in [1.165, 1.54) is 109 Å². The Morgan fingerprint density at radius 2 is 0.953 bits per heavy atom. The highest BCUT2D eigenvalue weighted by molar-refractivity contribution is 7.47. The highest BCUT2D eigenvalue weighted by atomic mass is 31.2. The molecule has 0 aromatic heterocycles. The minimum atomic E-state index is -4.35. The Morgan fingerprint density at radius 1 is 0.547 bits per heavy atom. The molecule has 1 amide bonds. The standard InChI is InChI=1S/C55H99N2O6P/c1-6-8-10-12-14-16-18-20-21-22-23-24-25-26-27-28-29-30-31-32-33-34-35-37-39-41-43-45-47-49-55(59)56-53(52-63-64(60,61)62-51-50-57(3,4)5)54(58)48-46-44-42-40-38-36-19-17-15-13-11-9-7-2/h8,10,14-17,20-21,23-24,38,40,46,48,53-54,58H,6-7,9,11-13,18-19,22,25-37,39,41-45,47,49-52H2,1-5H3,(H-,56,59,60,61)/p+1/b10-8-,16-14-,17-15+,21-20-,24-23-,40-38+,48-46+. The average Bonchev–Trinajstić information content (AvgIpc) is 3.25. The van der Waals surface area contributed by atoms with Crippen molar-refractivity contribution in [3.8, 4) is 0 Å². The van der Waals surface area contributed by atoms with Crippen LogP contribution in [-0.2, 0) is 18.4 Å². The van der Waals surface area contributed by atoms with Gasteiger partial charge in [0.05, 0.1) is 39.9 Å². The van der Waals surface area contributed by atoms with E-state index in [-0.39, 0.29) is 19.1 Å². The summed E-state index contributed by atoms with van der Waals surface area (Å²) in [6.45, 7) is 4.63. The molecular formula is C55H100N2O6P+. The summed E-state index contributed by atoms with van der Waals surface area (Å²) in [4.78, 5) is 23.2. The van der Waals surface area contributed by atoms with Crippen molar-refractivity contribution in [1.82, 2.24) is 5.32 Å². The molecule has 0 aromatic carbocycles. The normalized spacial score (nSPS) is 14.8. The minimum absolute atomic E-state index is 0.0507. The SMILES string of the molecule is CC/C=C\C/C=C\C/C=C\C/C=C\CCCCCCCCCCCCCCCCCCC(=O)NC(COP(=O)(O)OCC[N+](C)(C)C)C(O)/C=C/CC/C=C/CC/C=C/CCCCC. The maximum Gasteiger partial charge on any atom is 0.472 e. The first-order chi connectivity index (χ1) is 31.0. The Labute approximate surface area is 395 Å². The number of amides is 1. The fraction of sp³-hybridized carbons (Fsp3) is 0.727. The van der Waals surface area contributed by atoms with Crippen molar-refractivity contribution in [2.24, 2.45) is 0 Å². The monoisotopic (exact) mass is 916 g/mol. The minimum Gasteiger partial charge on any atom is -0.387 e. The van der Waals surface area contributed by atoms with Crippen molar-refractivity contribution in [1.29, 1.82) is 0 Å². The van der Waals surface area contributed by atoms with Crippen molar-refractivity contribution in [2.75, 3.05) is 40.9 Å². The molecule has 0 saturated heterocycles. The number of hydrogen-bond donors (Lipinski definition) is 3. The molecular weight excluding hydrogens is 816 g/mol. The molecule has 3 unspecified atom stereocenters. The van der Waals surface area contributed by atoms with Gasteiger partial charge in [0.15, 0.2) is 0 Å². The van der Waals surface area contributed by atoms with Crippen LogP contribution in [0.5, 0.6) is 0 Å². The molecule has 0 aliphatic carbocycles. The summed E-state index contributed by atoms with van der Waals surface area (Å²) in [5, 5.41) is 13.8. The Kier molecular flexibility index (Phi) is 44.2. The predicted octanol–water partition coefficient (Wildman–Crippen LogP) is 15.3. The number of likely N-dealkylation sites (N-methyl/N-ethyl adjacent to an activating group) is 1. The number of aliphatic hydroxyl groups excluding tert-OH is 1. The van der Waals surface area contributed by atoms with Gasteiger partial charge in [0.2, 0.25) is 5.91 Å². The molecule has 0 saturated carbocycles. The van der Waals surface area contributed by atoms with Crippen LogP contribution >= 0.6 is 7.82 Å². The number of quaternary nitrogens is 1. The van der Waals surface area contributed by atoms with E-state index in [1.807, 2.05) is 27.2 Å². The number of aliphatic hydroxyl groups is 1. The van der Waals surface area contributed by atoms with Gasteiger partial charge in [0.1, 0.15) is 13.2 Å². The van der Waals surface area contributed by atoms with Crippen LogP contribution in [-0.4, -0.2) is 73.4 Å². The second kappa shape index (κ2) is 45.8. The van der Waals surface area contributed by atoms with Crippen molar-refractivity contribution in [3.05, 3.63) is 85.1 Å². The Hall–Kier alpha value is -2.32. The smallest absolute Gasteiger partial charge is 0.387 e. The van der Waals surface area contributed by atoms with Gasteiger partial charge in [0.25, 0.3) is 0 Å². The number of carbonyl (C=O) groups is 1. The van der Waals surface area contributed by atoms with Crippen LogP contribution < -0.4 is 5.32 Å². The van der Waals surface area contributed by atoms with Gasteiger partial charge < -0.3 is 19.8 Å². The summed E-state index contributed by atoms with van der Waals surface area (Å²) in [5.74, 6) is -0.195. The van der Waals surface area contributed by atoms with Gasteiger partial charge in [-0.3, -0.25) is 13.8 Å². The van der Waals surface area contributed by atoms with Gasteiger partial charge in [-0.1, -0.05) is 202 Å². The molecule has 0 spiro atoms. The molecule has 3 atom stereocenters. The maximum absolute atomic E-state index is 12.9. The van der Waals surface area contributed by atoms with E-state index in [2.05, 4.69) is 92.1 Å². The van der Waals surface area contributed by atoms with Crippen molar-refractivity contribution in [3.63, 3.8) is 0 Å². The van der Waals surface area contributed by atoms with E-state index in [4.69, 9.17) is 9.05 Å². The third-order valence-electron chi connectivity index (χ3n) is 11.1. The Morgan fingerprint density at radius 3 is 1.44 bits per heavy atom. The summed E-state index contributed by atoms with van der Waals surface area (Å²) >= 11 is 0. The summed E-state index contributed by atoms with van der Waals surface area (Å²) in [6, 6.07) is -0.872. The lowest BCUT2D eigenvalue weighted by molar-refractivity contribution is -0.870. The number of nitrogens with one attached hydrogen (secondary N) is 1. The van der Waals surface area contributed by atoms with E-state index >= 15 is 0 Å². The second-order valence-corrected chi connectivity index (χ2v) is 19.9. The van der Waals surface area contributed by atoms with Crippen molar-refractivity contribution in [2.45, 2.75) is 219 Å². The molecule has 9 heteroatoms. The number of hydrogen-bond acceptors (Lipinski definition) is 5. The molecule has 0 fully saturated rings. The summed E-state index contributed by atoms with van der Waals surface area (Å²) < 4.78 is 23.6. The second-order valence-electron chi connectivity index (χ2n) is 18.5. The number of nitrogens with zero attached hydrogens (tertiary/aromatic N) is 1. The van der Waals surface area contributed by atoms with E-state index < -0.39 is 20.0 Å². The summed E-state index contributed by atoms with van der Waals surface area (Å²) in [7, 11) is 1.54. The topological polar surface area (TPSA) is 105 Å². The van der Waals surface area contributed by atoms with Gasteiger partial charge in [-0.2, -0.15) is 0 Å². The molecule has 0 rings (SSSR count). The molecule has 370 valence electrons. The lowest BCUT2D eigenvalue weighted by atomic mass is 10.0. The fourth-order valence-electron chi connectivity index (χ4n) is 7.00. The summed E-state index contributed by atoms with van der Waals surface area (Å²) in [6.07, 6.45) is 63.9. The zero-order valence-corrected chi connectivity index (χ0v) is 42.9. The van der Waals surface area contributed by atoms with E-state index in [0.717, 1.165) is 77.0 Å². The van der Waals surface area contributed by atoms with Gasteiger partial charge in [-0.05, 0) is 83.5 Å². The van der Waals surface area contributed by atoms with Crippen LogP contribution in [0.25, 0.3) is 0 Å². The average molecular weight is 916 g/mol. The van der Waals surface area contributed by atoms with Crippen LogP contribution in [0.3, 0.4) is 0 Å². The van der Waals surface area contributed by atoms with Crippen LogP contribution in [0.2, 0.25) is 0 Å². The number of unbranched alkanes of at least 4 members (excludes halogenated alkanes) is 21. The highest BCUT2D eigenvalue weighted by Crippen LogP contribution is 2.43.